The van der Waals surface area contributed by atoms with Crippen molar-refractivity contribution in [3.63, 3.8) is 0 Å². The molecule has 1 aromatic rings. The van der Waals surface area contributed by atoms with Crippen molar-refractivity contribution in [1.29, 1.82) is 0 Å². The zero-order valence-corrected chi connectivity index (χ0v) is 11.4. The Morgan fingerprint density at radius 1 is 1.24 bits per heavy atom. The number of hydroxylamine groups is 1. The Kier molecular flexibility index (Phi) is 4.97. The van der Waals surface area contributed by atoms with Gasteiger partial charge in [0.05, 0.1) is 18.2 Å². The molecule has 1 unspecified atom stereocenters. The molecule has 0 bridgehead atoms. The fourth-order valence-electron chi connectivity index (χ4n) is 1.45. The van der Waals surface area contributed by atoms with Crippen molar-refractivity contribution in [2.75, 3.05) is 6.61 Å². The molecule has 0 radical (unpaired) electrons. The summed E-state index contributed by atoms with van der Waals surface area (Å²) in [4.78, 5) is 5.57. The van der Waals surface area contributed by atoms with Crippen molar-refractivity contribution in [2.24, 2.45) is 0 Å². The van der Waals surface area contributed by atoms with Crippen LogP contribution in [-0.2, 0) is 4.84 Å². The van der Waals surface area contributed by atoms with E-state index in [0.717, 1.165) is 11.3 Å². The van der Waals surface area contributed by atoms with Gasteiger partial charge in [0.25, 0.3) is 0 Å². The van der Waals surface area contributed by atoms with Gasteiger partial charge in [-0.25, -0.2) is 0 Å². The third kappa shape index (κ3) is 4.75. The SMILES string of the molecule is CCOc1ccccc1C(C)NOC(C)(C)C. The highest BCUT2D eigenvalue weighted by Crippen LogP contribution is 2.25. The fraction of sp³-hybridized carbons (Fsp3) is 0.571. The van der Waals surface area contributed by atoms with E-state index in [2.05, 4.69) is 18.5 Å². The first-order valence-corrected chi connectivity index (χ1v) is 6.09. The van der Waals surface area contributed by atoms with Gasteiger partial charge >= 0.3 is 0 Å². The number of rotatable bonds is 5. The average Bonchev–Trinajstić information content (AvgIpc) is 2.26. The van der Waals surface area contributed by atoms with Crippen molar-refractivity contribution in [2.45, 2.75) is 46.3 Å². The number of para-hydroxylation sites is 1. The first kappa shape index (κ1) is 14.0. The van der Waals surface area contributed by atoms with Gasteiger partial charge in [0.1, 0.15) is 5.75 Å². The number of benzene rings is 1. The van der Waals surface area contributed by atoms with Gasteiger partial charge in [0.2, 0.25) is 0 Å². The number of nitrogens with one attached hydrogen (secondary N) is 1. The monoisotopic (exact) mass is 237 g/mol. The topological polar surface area (TPSA) is 30.5 Å². The molecule has 0 spiro atoms. The third-order valence-electron chi connectivity index (χ3n) is 2.23. The summed E-state index contributed by atoms with van der Waals surface area (Å²) in [6.07, 6.45) is 0. The zero-order chi connectivity index (χ0) is 12.9. The molecule has 1 N–H and O–H groups in total. The molecule has 0 amide bonds. The predicted octanol–water partition coefficient (Wildman–Crippen LogP) is 3.47. The molecule has 0 aliphatic carbocycles. The summed E-state index contributed by atoms with van der Waals surface area (Å²) >= 11 is 0. The van der Waals surface area contributed by atoms with Crippen LogP contribution in [0.3, 0.4) is 0 Å². The maximum Gasteiger partial charge on any atom is 0.124 e. The molecule has 3 heteroatoms. The summed E-state index contributed by atoms with van der Waals surface area (Å²) in [7, 11) is 0. The second-order valence-corrected chi connectivity index (χ2v) is 5.02. The number of ether oxygens (including phenoxy) is 1. The van der Waals surface area contributed by atoms with E-state index in [9.17, 15) is 0 Å². The molecule has 3 nitrogen and oxygen atoms in total. The Balaban J connectivity index is 2.70. The van der Waals surface area contributed by atoms with E-state index in [1.54, 1.807) is 0 Å². The van der Waals surface area contributed by atoms with E-state index >= 15 is 0 Å². The van der Waals surface area contributed by atoms with Gasteiger partial charge < -0.3 is 4.74 Å². The molecular formula is C14H23NO2. The lowest BCUT2D eigenvalue weighted by Crippen LogP contribution is -2.31. The first-order valence-electron chi connectivity index (χ1n) is 6.09. The van der Waals surface area contributed by atoms with Crippen LogP contribution in [0.1, 0.15) is 46.2 Å². The van der Waals surface area contributed by atoms with E-state index in [4.69, 9.17) is 9.57 Å². The highest BCUT2D eigenvalue weighted by Gasteiger charge is 2.15. The Labute approximate surface area is 104 Å². The molecular weight excluding hydrogens is 214 g/mol. The van der Waals surface area contributed by atoms with Gasteiger partial charge in [-0.1, -0.05) is 18.2 Å². The lowest BCUT2D eigenvalue weighted by atomic mass is 10.1. The summed E-state index contributed by atoms with van der Waals surface area (Å²) in [5, 5.41) is 0. The molecule has 0 heterocycles. The molecule has 96 valence electrons. The fourth-order valence-corrected chi connectivity index (χ4v) is 1.45. The van der Waals surface area contributed by atoms with Crippen LogP contribution in [0.2, 0.25) is 0 Å². The van der Waals surface area contributed by atoms with Crippen LogP contribution in [0.5, 0.6) is 5.75 Å². The summed E-state index contributed by atoms with van der Waals surface area (Å²) in [5.41, 5.74) is 3.97. The van der Waals surface area contributed by atoms with Crippen molar-refractivity contribution < 1.29 is 9.57 Å². The molecule has 1 rings (SSSR count). The summed E-state index contributed by atoms with van der Waals surface area (Å²) in [5.74, 6) is 0.910. The van der Waals surface area contributed by atoms with E-state index in [1.807, 2.05) is 45.9 Å². The van der Waals surface area contributed by atoms with Crippen LogP contribution in [-0.4, -0.2) is 12.2 Å². The third-order valence-corrected chi connectivity index (χ3v) is 2.23. The van der Waals surface area contributed by atoms with E-state index < -0.39 is 0 Å². The maximum atomic E-state index is 5.59. The molecule has 0 saturated carbocycles. The second-order valence-electron chi connectivity index (χ2n) is 5.02. The molecule has 1 aromatic carbocycles. The van der Waals surface area contributed by atoms with Crippen LogP contribution < -0.4 is 10.2 Å². The molecule has 1 atom stereocenters. The van der Waals surface area contributed by atoms with Crippen LogP contribution >= 0.6 is 0 Å². The standard InChI is InChI=1S/C14H23NO2/c1-6-16-13-10-8-7-9-12(13)11(2)15-17-14(3,4)5/h7-11,15H,6H2,1-5H3. The minimum absolute atomic E-state index is 0.0944. The van der Waals surface area contributed by atoms with E-state index in [-0.39, 0.29) is 11.6 Å². The molecule has 0 aliphatic rings. The smallest absolute Gasteiger partial charge is 0.124 e. The lowest BCUT2D eigenvalue weighted by Gasteiger charge is -2.24. The van der Waals surface area contributed by atoms with Gasteiger partial charge in [-0.3, -0.25) is 4.84 Å². The average molecular weight is 237 g/mol. The van der Waals surface area contributed by atoms with Crippen LogP contribution in [0.25, 0.3) is 0 Å². The number of hydrogen-bond acceptors (Lipinski definition) is 3. The summed E-state index contributed by atoms with van der Waals surface area (Å²) in [6, 6.07) is 8.11. The highest BCUT2D eigenvalue weighted by molar-refractivity contribution is 5.35. The van der Waals surface area contributed by atoms with Gasteiger partial charge in [-0.2, -0.15) is 5.48 Å². The van der Waals surface area contributed by atoms with Crippen molar-refractivity contribution >= 4 is 0 Å². The summed E-state index contributed by atoms with van der Waals surface area (Å²) < 4.78 is 5.59. The van der Waals surface area contributed by atoms with E-state index in [0.29, 0.717) is 6.61 Å². The molecule has 17 heavy (non-hydrogen) atoms. The lowest BCUT2D eigenvalue weighted by molar-refractivity contribution is -0.0868. The molecule has 0 fully saturated rings. The Morgan fingerprint density at radius 2 is 1.88 bits per heavy atom. The largest absolute Gasteiger partial charge is 0.494 e. The van der Waals surface area contributed by atoms with Gasteiger partial charge in [0.15, 0.2) is 0 Å². The quantitative estimate of drug-likeness (QED) is 0.795. The maximum absolute atomic E-state index is 5.59. The van der Waals surface area contributed by atoms with E-state index in [1.165, 1.54) is 0 Å². The minimum atomic E-state index is -0.200. The van der Waals surface area contributed by atoms with Crippen LogP contribution in [0.4, 0.5) is 0 Å². The van der Waals surface area contributed by atoms with Gasteiger partial charge in [-0.05, 0) is 40.7 Å². The Morgan fingerprint density at radius 3 is 2.47 bits per heavy atom. The van der Waals surface area contributed by atoms with Crippen LogP contribution in [0, 0.1) is 0 Å². The molecule has 0 aromatic heterocycles. The Bertz CT molecular complexity index is 344. The molecule has 0 aliphatic heterocycles. The second kappa shape index (κ2) is 6.03. The Hall–Kier alpha value is -1.06. The van der Waals surface area contributed by atoms with Crippen molar-refractivity contribution in [3.05, 3.63) is 29.8 Å². The highest BCUT2D eigenvalue weighted by atomic mass is 16.7. The van der Waals surface area contributed by atoms with Gasteiger partial charge in [0, 0.05) is 5.56 Å². The minimum Gasteiger partial charge on any atom is -0.494 e. The molecule has 0 saturated heterocycles. The van der Waals surface area contributed by atoms with Crippen LogP contribution in [0.15, 0.2) is 24.3 Å². The normalized spacial score (nSPS) is 13.5. The van der Waals surface area contributed by atoms with Gasteiger partial charge in [-0.15, -0.1) is 0 Å². The van der Waals surface area contributed by atoms with Crippen molar-refractivity contribution in [1.82, 2.24) is 5.48 Å². The first-order chi connectivity index (χ1) is 7.94. The zero-order valence-electron chi connectivity index (χ0n) is 11.4. The summed E-state index contributed by atoms with van der Waals surface area (Å²) in [6.45, 7) is 10.8. The predicted molar refractivity (Wildman–Crippen MR) is 70.0 cm³/mol. The van der Waals surface area contributed by atoms with Crippen molar-refractivity contribution in [3.8, 4) is 5.75 Å². The number of hydrogen-bond donors (Lipinski definition) is 1.